The molecule has 0 nitrogen and oxygen atoms in total. The summed E-state index contributed by atoms with van der Waals surface area (Å²) in [6.07, 6.45) is 3.69. The van der Waals surface area contributed by atoms with Crippen molar-refractivity contribution in [3.05, 3.63) is 25.3 Å². The van der Waals surface area contributed by atoms with Gasteiger partial charge in [-0.25, -0.2) is 0 Å². The van der Waals surface area contributed by atoms with Gasteiger partial charge in [0.05, 0.1) is 0 Å². The molecule has 0 rings (SSSR count). The summed E-state index contributed by atoms with van der Waals surface area (Å²) >= 11 is 0. The van der Waals surface area contributed by atoms with E-state index in [0.29, 0.717) is 6.42 Å². The van der Waals surface area contributed by atoms with Gasteiger partial charge in [0.25, 0.3) is 0 Å². The Morgan fingerprint density at radius 3 is 1.50 bits per heavy atom. The van der Waals surface area contributed by atoms with Gasteiger partial charge >= 0.3 is 0 Å². The largest absolute Gasteiger partial charge is 0.518 e. The van der Waals surface area contributed by atoms with Gasteiger partial charge in [0.1, 0.15) is 0 Å². The van der Waals surface area contributed by atoms with Crippen molar-refractivity contribution >= 4 is 0 Å². The van der Waals surface area contributed by atoms with E-state index in [1.165, 1.54) is 12.2 Å². The van der Waals surface area contributed by atoms with Crippen molar-refractivity contribution in [3.63, 3.8) is 0 Å². The van der Waals surface area contributed by atoms with Crippen LogP contribution in [0.25, 0.3) is 0 Å². The van der Waals surface area contributed by atoms with E-state index in [4.69, 9.17) is 13.2 Å². The van der Waals surface area contributed by atoms with Crippen LogP contribution in [0, 0.1) is 13.2 Å². The molecule has 0 unspecified atom stereocenters. The van der Waals surface area contributed by atoms with E-state index < -0.39 is 0 Å². The SMILES string of the molecule is [CH-]=CCC=[CH-].[Y]. The summed E-state index contributed by atoms with van der Waals surface area (Å²) in [5, 5.41) is 0. The van der Waals surface area contributed by atoms with E-state index >= 15 is 0 Å². The number of allylic oxidation sites excluding steroid dienone is 2. The van der Waals surface area contributed by atoms with Gasteiger partial charge in [-0.2, -0.15) is 0 Å². The first kappa shape index (κ1) is 9.77. The third-order valence-corrected chi connectivity index (χ3v) is 0.272. The minimum Gasteiger partial charge on any atom is -0.518 e. The molecule has 0 aliphatic heterocycles. The van der Waals surface area contributed by atoms with Crippen LogP contribution in [0.3, 0.4) is 0 Å². The molecule has 0 aromatic carbocycles. The van der Waals surface area contributed by atoms with Gasteiger partial charge in [-0.05, 0) is 0 Å². The fourth-order valence-electron chi connectivity index (χ4n) is 0.0786. The summed E-state index contributed by atoms with van der Waals surface area (Å²) in [4.78, 5) is 0. The van der Waals surface area contributed by atoms with Gasteiger partial charge in [-0.15, -0.1) is 0 Å². The van der Waals surface area contributed by atoms with E-state index in [2.05, 4.69) is 0 Å². The second-order valence-corrected chi connectivity index (χ2v) is 0.707. The zero-order chi connectivity index (χ0) is 4.12. The van der Waals surface area contributed by atoms with E-state index in [9.17, 15) is 0 Å². The Labute approximate surface area is 64.2 Å². The Morgan fingerprint density at radius 2 is 1.50 bits per heavy atom. The fourth-order valence-corrected chi connectivity index (χ4v) is 0.0786. The molecule has 0 saturated heterocycles. The Hall–Kier alpha value is 0.584. The standard InChI is InChI=1S/C5H6.Y/c1-3-5-4-2;/h1-4H,5H2;/q-2;. The zero-order valence-corrected chi connectivity index (χ0v) is 6.43. The van der Waals surface area contributed by atoms with Crippen LogP contribution in [0.5, 0.6) is 0 Å². The molecular weight excluding hydrogens is 149 g/mol. The molecule has 0 aromatic rings. The number of rotatable bonds is 2. The molecule has 0 spiro atoms. The summed E-state index contributed by atoms with van der Waals surface area (Å²) in [6.45, 7) is 9.81. The molecule has 0 aliphatic carbocycles. The van der Waals surface area contributed by atoms with Crippen molar-refractivity contribution in [1.82, 2.24) is 0 Å². The smallest absolute Gasteiger partial charge is 0 e. The number of hydrogen-bond donors (Lipinski definition) is 0. The predicted molar refractivity (Wildman–Crippen MR) is 22.4 cm³/mol. The normalized spacial score (nSPS) is 5.33. The van der Waals surface area contributed by atoms with Crippen molar-refractivity contribution in [2.75, 3.05) is 0 Å². The third kappa shape index (κ3) is 8.82. The van der Waals surface area contributed by atoms with E-state index in [1.54, 1.807) is 0 Å². The zero-order valence-electron chi connectivity index (χ0n) is 3.59. The second-order valence-electron chi connectivity index (χ2n) is 0.707. The summed E-state index contributed by atoms with van der Waals surface area (Å²) in [6, 6.07) is 0. The molecule has 0 saturated carbocycles. The molecule has 0 aromatic heterocycles. The molecule has 6 heavy (non-hydrogen) atoms. The number of hydrogen-bond acceptors (Lipinski definition) is 0. The van der Waals surface area contributed by atoms with Crippen LogP contribution >= 0.6 is 0 Å². The first-order valence-corrected chi connectivity index (χ1v) is 1.48. The van der Waals surface area contributed by atoms with Crippen LogP contribution in [0.4, 0.5) is 0 Å². The Kier molecular flexibility index (Phi) is 14.9. The molecule has 31 valence electrons. The van der Waals surface area contributed by atoms with Gasteiger partial charge in [0.15, 0.2) is 0 Å². The summed E-state index contributed by atoms with van der Waals surface area (Å²) in [5.41, 5.74) is 0. The average molecular weight is 155 g/mol. The Morgan fingerprint density at radius 1 is 1.17 bits per heavy atom. The van der Waals surface area contributed by atoms with E-state index in [0.717, 1.165) is 0 Å². The second kappa shape index (κ2) is 9.13. The van der Waals surface area contributed by atoms with Crippen LogP contribution in [-0.4, -0.2) is 0 Å². The molecule has 1 radical (unpaired) electrons. The Bertz CT molecular complexity index is 33.2. The van der Waals surface area contributed by atoms with E-state index in [-0.39, 0.29) is 32.7 Å². The Balaban J connectivity index is 0. The summed E-state index contributed by atoms with van der Waals surface area (Å²) < 4.78 is 0. The van der Waals surface area contributed by atoms with Crippen LogP contribution in [0.1, 0.15) is 6.42 Å². The first-order valence-electron chi connectivity index (χ1n) is 1.48. The molecule has 0 atom stereocenters. The molecule has 0 fully saturated rings. The minimum absolute atomic E-state index is 0. The molecule has 0 N–H and O–H groups in total. The molecular formula is C5H6Y-2. The maximum Gasteiger partial charge on any atom is 0 e. The van der Waals surface area contributed by atoms with E-state index in [1.807, 2.05) is 0 Å². The maximum absolute atomic E-state index is 4.90. The van der Waals surface area contributed by atoms with Crippen LogP contribution in [0.15, 0.2) is 12.2 Å². The van der Waals surface area contributed by atoms with Gasteiger partial charge in [-0.1, -0.05) is 6.42 Å². The van der Waals surface area contributed by atoms with Gasteiger partial charge < -0.3 is 13.2 Å². The van der Waals surface area contributed by atoms with Crippen molar-refractivity contribution in [3.8, 4) is 0 Å². The quantitative estimate of drug-likeness (QED) is 0.528. The van der Waals surface area contributed by atoms with Crippen molar-refractivity contribution < 1.29 is 32.7 Å². The maximum atomic E-state index is 4.90. The van der Waals surface area contributed by atoms with Gasteiger partial charge in [0.2, 0.25) is 0 Å². The molecule has 0 bridgehead atoms. The molecule has 0 heterocycles. The summed E-state index contributed by atoms with van der Waals surface area (Å²) in [7, 11) is 0. The van der Waals surface area contributed by atoms with Crippen molar-refractivity contribution in [2.24, 2.45) is 0 Å². The molecule has 0 amide bonds. The van der Waals surface area contributed by atoms with Crippen molar-refractivity contribution in [1.29, 1.82) is 0 Å². The van der Waals surface area contributed by atoms with Gasteiger partial charge in [0, 0.05) is 32.7 Å². The monoisotopic (exact) mass is 155 g/mol. The molecule has 0 aliphatic rings. The first-order chi connectivity index (χ1) is 2.41. The van der Waals surface area contributed by atoms with Crippen molar-refractivity contribution in [2.45, 2.75) is 6.42 Å². The van der Waals surface area contributed by atoms with Crippen LogP contribution < -0.4 is 0 Å². The minimum atomic E-state index is 0. The third-order valence-electron chi connectivity index (χ3n) is 0.272. The van der Waals surface area contributed by atoms with Crippen LogP contribution in [0.2, 0.25) is 0 Å². The topological polar surface area (TPSA) is 0 Å². The van der Waals surface area contributed by atoms with Crippen LogP contribution in [-0.2, 0) is 32.7 Å². The average Bonchev–Trinajstić information content (AvgIpc) is 1.41. The van der Waals surface area contributed by atoms with Gasteiger partial charge in [-0.3, -0.25) is 12.2 Å². The summed E-state index contributed by atoms with van der Waals surface area (Å²) in [5.74, 6) is 0. The molecule has 1 heteroatoms. The fraction of sp³-hybridized carbons (Fsp3) is 0.200. The predicted octanol–water partition coefficient (Wildman–Crippen LogP) is 1.35.